The highest BCUT2D eigenvalue weighted by Gasteiger charge is 2.12. The number of hydrogen-bond donors (Lipinski definition) is 0. The van der Waals surface area contributed by atoms with E-state index >= 15 is 0 Å². The number of aryl methyl sites for hydroxylation is 1. The highest BCUT2D eigenvalue weighted by atomic mass is 19.1. The van der Waals surface area contributed by atoms with E-state index in [0.29, 0.717) is 23.1 Å². The zero-order chi connectivity index (χ0) is 14.5. The van der Waals surface area contributed by atoms with Crippen LogP contribution >= 0.6 is 0 Å². The van der Waals surface area contributed by atoms with E-state index in [1.165, 1.54) is 12.1 Å². The summed E-state index contributed by atoms with van der Waals surface area (Å²) in [6, 6.07) is 5.99. The molecular formula is C15H14FN3O. The second kappa shape index (κ2) is 6.11. The van der Waals surface area contributed by atoms with Crippen molar-refractivity contribution in [1.29, 1.82) is 5.26 Å². The minimum Gasteiger partial charge on any atom is -0.298 e. The molecule has 0 atom stereocenters. The van der Waals surface area contributed by atoms with Crippen molar-refractivity contribution in [1.82, 2.24) is 9.78 Å². The molecule has 0 bridgehead atoms. The SMILES string of the molecule is CCCCn1cc(C=O)c(-c2ccc(C#N)c(F)c2)n1. The molecule has 4 nitrogen and oxygen atoms in total. The molecule has 102 valence electrons. The summed E-state index contributed by atoms with van der Waals surface area (Å²) in [6.45, 7) is 2.79. The molecule has 0 aliphatic rings. The summed E-state index contributed by atoms with van der Waals surface area (Å²) < 4.78 is 15.3. The van der Waals surface area contributed by atoms with Crippen molar-refractivity contribution in [3.05, 3.63) is 41.3 Å². The lowest BCUT2D eigenvalue weighted by molar-refractivity contribution is 0.112. The maximum atomic E-state index is 13.6. The van der Waals surface area contributed by atoms with Crippen LogP contribution in [0.2, 0.25) is 0 Å². The Morgan fingerprint density at radius 3 is 2.90 bits per heavy atom. The normalized spacial score (nSPS) is 10.2. The molecule has 2 aromatic rings. The molecule has 5 heteroatoms. The summed E-state index contributed by atoms with van der Waals surface area (Å²) >= 11 is 0. The third-order valence-electron chi connectivity index (χ3n) is 3.02. The van der Waals surface area contributed by atoms with Crippen LogP contribution in [0, 0.1) is 17.1 Å². The second-order valence-electron chi connectivity index (χ2n) is 4.47. The molecule has 0 spiro atoms. The molecule has 2 rings (SSSR count). The maximum absolute atomic E-state index is 13.6. The van der Waals surface area contributed by atoms with Gasteiger partial charge in [-0.1, -0.05) is 19.4 Å². The summed E-state index contributed by atoms with van der Waals surface area (Å²) in [5, 5.41) is 13.0. The van der Waals surface area contributed by atoms with Gasteiger partial charge in [0.05, 0.1) is 11.1 Å². The lowest BCUT2D eigenvalue weighted by Gasteiger charge is -2.00. The number of rotatable bonds is 5. The highest BCUT2D eigenvalue weighted by molar-refractivity contribution is 5.85. The number of aromatic nitrogens is 2. The minimum atomic E-state index is -0.607. The smallest absolute Gasteiger partial charge is 0.153 e. The number of unbranched alkanes of at least 4 members (excludes halogenated alkanes) is 1. The van der Waals surface area contributed by atoms with Crippen molar-refractivity contribution in [3.63, 3.8) is 0 Å². The van der Waals surface area contributed by atoms with E-state index < -0.39 is 5.82 Å². The van der Waals surface area contributed by atoms with Crippen LogP contribution in [0.3, 0.4) is 0 Å². The average Bonchev–Trinajstić information content (AvgIpc) is 2.88. The van der Waals surface area contributed by atoms with Gasteiger partial charge in [0, 0.05) is 18.3 Å². The van der Waals surface area contributed by atoms with E-state index in [9.17, 15) is 9.18 Å². The molecule has 1 aromatic heterocycles. The Hall–Kier alpha value is -2.48. The molecule has 0 unspecified atom stereocenters. The molecule has 0 N–H and O–H groups in total. The van der Waals surface area contributed by atoms with Gasteiger partial charge in [-0.05, 0) is 18.6 Å². The van der Waals surface area contributed by atoms with E-state index in [-0.39, 0.29) is 5.56 Å². The Kier molecular flexibility index (Phi) is 4.26. The van der Waals surface area contributed by atoms with E-state index in [4.69, 9.17) is 5.26 Å². The van der Waals surface area contributed by atoms with E-state index in [0.717, 1.165) is 19.4 Å². The number of nitriles is 1. The first-order chi connectivity index (χ1) is 9.69. The van der Waals surface area contributed by atoms with Crippen LogP contribution in [0.15, 0.2) is 24.4 Å². The number of carbonyl (C=O) groups excluding carboxylic acids is 1. The van der Waals surface area contributed by atoms with E-state index in [1.807, 2.05) is 0 Å². The molecule has 0 saturated heterocycles. The number of carbonyl (C=O) groups is 1. The Morgan fingerprint density at radius 2 is 2.30 bits per heavy atom. The Labute approximate surface area is 116 Å². The van der Waals surface area contributed by atoms with Crippen LogP contribution in [0.5, 0.6) is 0 Å². The molecule has 0 aliphatic heterocycles. The van der Waals surface area contributed by atoms with Crippen LogP contribution in [-0.4, -0.2) is 16.1 Å². The second-order valence-corrected chi connectivity index (χ2v) is 4.47. The van der Waals surface area contributed by atoms with Crippen LogP contribution < -0.4 is 0 Å². The van der Waals surface area contributed by atoms with Gasteiger partial charge < -0.3 is 0 Å². The number of hydrogen-bond acceptors (Lipinski definition) is 3. The van der Waals surface area contributed by atoms with Gasteiger partial charge in [-0.15, -0.1) is 0 Å². The highest BCUT2D eigenvalue weighted by Crippen LogP contribution is 2.23. The molecule has 1 heterocycles. The monoisotopic (exact) mass is 271 g/mol. The first-order valence-corrected chi connectivity index (χ1v) is 6.42. The van der Waals surface area contributed by atoms with Crippen LogP contribution in [0.4, 0.5) is 4.39 Å². The summed E-state index contributed by atoms with van der Waals surface area (Å²) in [7, 11) is 0. The van der Waals surface area contributed by atoms with Gasteiger partial charge >= 0.3 is 0 Å². The molecule has 0 aliphatic carbocycles. The van der Waals surface area contributed by atoms with Crippen LogP contribution in [-0.2, 0) is 6.54 Å². The Balaban J connectivity index is 2.41. The first-order valence-electron chi connectivity index (χ1n) is 6.42. The van der Waals surface area contributed by atoms with Gasteiger partial charge in [0.2, 0.25) is 0 Å². The predicted molar refractivity (Wildman–Crippen MR) is 72.6 cm³/mol. The van der Waals surface area contributed by atoms with Gasteiger partial charge in [0.1, 0.15) is 17.6 Å². The molecule has 0 saturated carbocycles. The lowest BCUT2D eigenvalue weighted by atomic mass is 10.1. The molecule has 0 amide bonds. The maximum Gasteiger partial charge on any atom is 0.153 e. The van der Waals surface area contributed by atoms with E-state index in [2.05, 4.69) is 12.0 Å². The van der Waals surface area contributed by atoms with Crippen LogP contribution in [0.25, 0.3) is 11.3 Å². The van der Waals surface area contributed by atoms with Gasteiger partial charge in [-0.25, -0.2) is 4.39 Å². The zero-order valence-electron chi connectivity index (χ0n) is 11.1. The third-order valence-corrected chi connectivity index (χ3v) is 3.02. The van der Waals surface area contributed by atoms with Crippen molar-refractivity contribution < 1.29 is 9.18 Å². The van der Waals surface area contributed by atoms with Crippen molar-refractivity contribution >= 4 is 6.29 Å². The van der Waals surface area contributed by atoms with Gasteiger partial charge in [-0.2, -0.15) is 10.4 Å². The van der Waals surface area contributed by atoms with Crippen molar-refractivity contribution in [2.45, 2.75) is 26.3 Å². The molecule has 0 radical (unpaired) electrons. The fraction of sp³-hybridized carbons (Fsp3) is 0.267. The first kappa shape index (κ1) is 13.9. The number of halogens is 1. The van der Waals surface area contributed by atoms with Crippen molar-refractivity contribution in [2.75, 3.05) is 0 Å². The van der Waals surface area contributed by atoms with Crippen LogP contribution in [0.1, 0.15) is 35.7 Å². The number of nitrogens with zero attached hydrogens (tertiary/aromatic N) is 3. The number of benzene rings is 1. The average molecular weight is 271 g/mol. The van der Waals surface area contributed by atoms with Crippen molar-refractivity contribution in [2.24, 2.45) is 0 Å². The predicted octanol–water partition coefficient (Wildman–Crippen LogP) is 3.17. The standard InChI is InChI=1S/C15H14FN3O/c1-2-3-6-19-9-13(10-20)15(18-19)11-4-5-12(8-17)14(16)7-11/h4-5,7,9-10H,2-3,6H2,1H3. The molecule has 0 fully saturated rings. The summed E-state index contributed by atoms with van der Waals surface area (Å²) in [6.07, 6.45) is 4.35. The fourth-order valence-corrected chi connectivity index (χ4v) is 1.94. The molecule has 20 heavy (non-hydrogen) atoms. The quantitative estimate of drug-likeness (QED) is 0.785. The molecular weight excluding hydrogens is 257 g/mol. The van der Waals surface area contributed by atoms with Gasteiger partial charge in [0.15, 0.2) is 6.29 Å². The summed E-state index contributed by atoms with van der Waals surface area (Å²) in [5.74, 6) is -0.607. The third kappa shape index (κ3) is 2.75. The minimum absolute atomic E-state index is 0.0215. The largest absolute Gasteiger partial charge is 0.298 e. The lowest BCUT2D eigenvalue weighted by Crippen LogP contribution is -1.98. The summed E-state index contributed by atoms with van der Waals surface area (Å²) in [5.41, 5.74) is 1.34. The van der Waals surface area contributed by atoms with Crippen molar-refractivity contribution in [3.8, 4) is 17.3 Å². The Morgan fingerprint density at radius 1 is 1.50 bits per heavy atom. The van der Waals surface area contributed by atoms with Gasteiger partial charge in [0.25, 0.3) is 0 Å². The topological polar surface area (TPSA) is 58.7 Å². The van der Waals surface area contributed by atoms with Gasteiger partial charge in [-0.3, -0.25) is 9.48 Å². The van der Waals surface area contributed by atoms with E-state index in [1.54, 1.807) is 23.0 Å². The number of aldehydes is 1. The Bertz CT molecular complexity index is 670. The molecule has 1 aromatic carbocycles. The zero-order valence-corrected chi connectivity index (χ0v) is 11.1. The fourth-order valence-electron chi connectivity index (χ4n) is 1.94. The summed E-state index contributed by atoms with van der Waals surface area (Å²) in [4.78, 5) is 11.1.